The summed E-state index contributed by atoms with van der Waals surface area (Å²) in [6, 6.07) is 11.7. The number of benzene rings is 2. The van der Waals surface area contributed by atoms with Gasteiger partial charge in [0.2, 0.25) is 0 Å². The van der Waals surface area contributed by atoms with Crippen LogP contribution in [0.2, 0.25) is 5.02 Å². The number of nitrogens with one attached hydrogen (secondary N) is 1. The van der Waals surface area contributed by atoms with Crippen molar-refractivity contribution >= 4 is 17.3 Å². The van der Waals surface area contributed by atoms with Gasteiger partial charge in [0, 0.05) is 6.54 Å². The normalized spacial score (nSPS) is 13.0. The number of nitrogens with two attached hydrogens (primary N) is 1. The molecule has 1 unspecified atom stereocenters. The van der Waals surface area contributed by atoms with E-state index in [1.54, 1.807) is 30.3 Å². The molecule has 0 spiro atoms. The first-order valence-corrected chi connectivity index (χ1v) is 6.68. The summed E-state index contributed by atoms with van der Waals surface area (Å²) >= 11 is 6.03. The Morgan fingerprint density at radius 2 is 1.81 bits per heavy atom. The summed E-state index contributed by atoms with van der Waals surface area (Å²) in [5, 5.41) is 3.56. The van der Waals surface area contributed by atoms with Gasteiger partial charge >= 0.3 is 6.18 Å². The number of hydrogen-bond donors (Lipinski definition) is 2. The van der Waals surface area contributed by atoms with Crippen LogP contribution < -0.4 is 11.1 Å². The Labute approximate surface area is 125 Å². The predicted molar refractivity (Wildman–Crippen MR) is 78.3 cm³/mol. The molecule has 112 valence electrons. The number of rotatable bonds is 4. The number of halogens is 4. The molecule has 0 bridgehead atoms. The van der Waals surface area contributed by atoms with E-state index in [2.05, 4.69) is 5.32 Å². The Bertz CT molecular complexity index is 614. The van der Waals surface area contributed by atoms with Crippen molar-refractivity contribution in [2.45, 2.75) is 12.2 Å². The van der Waals surface area contributed by atoms with Crippen LogP contribution in [-0.2, 0) is 6.18 Å². The Balaban J connectivity index is 2.28. The smallest absolute Gasteiger partial charge is 0.376 e. The Kier molecular flexibility index (Phi) is 4.75. The Hall–Kier alpha value is -1.72. The van der Waals surface area contributed by atoms with Crippen molar-refractivity contribution in [3.8, 4) is 0 Å². The van der Waals surface area contributed by atoms with Crippen molar-refractivity contribution in [2.24, 2.45) is 5.73 Å². The van der Waals surface area contributed by atoms with Crippen molar-refractivity contribution in [2.75, 3.05) is 11.9 Å². The largest absolute Gasteiger partial charge is 0.416 e. The summed E-state index contributed by atoms with van der Waals surface area (Å²) in [7, 11) is 0. The molecular weight excluding hydrogens is 301 g/mol. The van der Waals surface area contributed by atoms with E-state index < -0.39 is 17.8 Å². The second kappa shape index (κ2) is 6.37. The highest BCUT2D eigenvalue weighted by molar-refractivity contribution is 6.33. The molecular formula is C15H14ClF3N2. The molecule has 1 atom stereocenters. The average molecular weight is 315 g/mol. The van der Waals surface area contributed by atoms with Crippen molar-refractivity contribution < 1.29 is 13.2 Å². The van der Waals surface area contributed by atoms with E-state index in [-0.39, 0.29) is 6.54 Å². The first-order valence-electron chi connectivity index (χ1n) is 6.30. The molecule has 0 aliphatic carbocycles. The van der Waals surface area contributed by atoms with E-state index in [4.69, 9.17) is 17.3 Å². The molecule has 2 nitrogen and oxygen atoms in total. The van der Waals surface area contributed by atoms with Crippen LogP contribution >= 0.6 is 11.6 Å². The lowest BCUT2D eigenvalue weighted by molar-refractivity contribution is -0.137. The van der Waals surface area contributed by atoms with Gasteiger partial charge in [-0.2, -0.15) is 13.2 Å². The fraction of sp³-hybridized carbons (Fsp3) is 0.200. The maximum Gasteiger partial charge on any atom is 0.416 e. The zero-order chi connectivity index (χ0) is 15.5. The van der Waals surface area contributed by atoms with E-state index in [9.17, 15) is 13.2 Å². The lowest BCUT2D eigenvalue weighted by Crippen LogP contribution is -2.21. The molecule has 0 fully saturated rings. The van der Waals surface area contributed by atoms with Crippen molar-refractivity contribution in [1.29, 1.82) is 0 Å². The van der Waals surface area contributed by atoms with Crippen LogP contribution in [0.5, 0.6) is 0 Å². The topological polar surface area (TPSA) is 38.0 Å². The summed E-state index contributed by atoms with van der Waals surface area (Å²) in [6.07, 6.45) is -4.38. The standard InChI is InChI=1S/C15H14ClF3N2/c16-12-6-1-2-7-13(12)21-14(9-20)10-4-3-5-11(8-10)15(17,18)19/h1-8,14,21H,9,20H2. The highest BCUT2D eigenvalue weighted by Crippen LogP contribution is 2.32. The third-order valence-electron chi connectivity index (χ3n) is 3.06. The van der Waals surface area contributed by atoms with Gasteiger partial charge in [0.25, 0.3) is 0 Å². The summed E-state index contributed by atoms with van der Waals surface area (Å²) in [4.78, 5) is 0. The number of anilines is 1. The number of alkyl halides is 3. The van der Waals surface area contributed by atoms with Crippen molar-refractivity contribution in [1.82, 2.24) is 0 Å². The molecule has 2 rings (SSSR count). The second-order valence-corrected chi connectivity index (χ2v) is 4.94. The van der Waals surface area contributed by atoms with Gasteiger partial charge in [-0.3, -0.25) is 0 Å². The molecule has 0 amide bonds. The van der Waals surface area contributed by atoms with Crippen molar-refractivity contribution in [3.63, 3.8) is 0 Å². The van der Waals surface area contributed by atoms with Crippen LogP contribution in [0, 0.1) is 0 Å². The van der Waals surface area contributed by atoms with Gasteiger partial charge in [-0.05, 0) is 29.8 Å². The minimum atomic E-state index is -4.38. The minimum absolute atomic E-state index is 0.145. The van der Waals surface area contributed by atoms with Gasteiger partial charge in [0.05, 0.1) is 22.3 Å². The molecule has 3 N–H and O–H groups in total. The fourth-order valence-electron chi connectivity index (χ4n) is 1.98. The Morgan fingerprint density at radius 3 is 2.43 bits per heavy atom. The predicted octanol–water partition coefficient (Wildman–Crippen LogP) is 4.47. The molecule has 0 radical (unpaired) electrons. The molecule has 0 heterocycles. The highest BCUT2D eigenvalue weighted by atomic mass is 35.5. The molecule has 0 saturated heterocycles. The lowest BCUT2D eigenvalue weighted by atomic mass is 10.0. The number of hydrogen-bond acceptors (Lipinski definition) is 2. The van der Waals surface area contributed by atoms with Crippen molar-refractivity contribution in [3.05, 3.63) is 64.7 Å². The van der Waals surface area contributed by atoms with E-state index in [0.717, 1.165) is 12.1 Å². The molecule has 2 aromatic rings. The molecule has 0 aromatic heterocycles. The second-order valence-electron chi connectivity index (χ2n) is 4.54. The summed E-state index contributed by atoms with van der Waals surface area (Å²) in [6.45, 7) is 0.145. The maximum atomic E-state index is 12.8. The third kappa shape index (κ3) is 3.89. The Morgan fingerprint density at radius 1 is 1.10 bits per heavy atom. The van der Waals surface area contributed by atoms with Gasteiger partial charge in [-0.1, -0.05) is 35.9 Å². The van der Waals surface area contributed by atoms with Gasteiger partial charge in [-0.15, -0.1) is 0 Å². The van der Waals surface area contributed by atoms with Gasteiger partial charge in [0.1, 0.15) is 0 Å². The molecule has 0 aliphatic heterocycles. The average Bonchev–Trinajstić information content (AvgIpc) is 2.46. The quantitative estimate of drug-likeness (QED) is 0.873. The van der Waals surface area contributed by atoms with Crippen LogP contribution in [0.4, 0.5) is 18.9 Å². The van der Waals surface area contributed by atoms with Gasteiger partial charge in [-0.25, -0.2) is 0 Å². The van der Waals surface area contributed by atoms with E-state index >= 15 is 0 Å². The van der Waals surface area contributed by atoms with Crippen LogP contribution in [0.3, 0.4) is 0 Å². The third-order valence-corrected chi connectivity index (χ3v) is 3.39. The molecule has 21 heavy (non-hydrogen) atoms. The summed E-state index contributed by atoms with van der Waals surface area (Å²) in [5.41, 5.74) is 6.08. The molecule has 0 saturated carbocycles. The van der Waals surface area contributed by atoms with Crippen LogP contribution in [0.1, 0.15) is 17.2 Å². The summed E-state index contributed by atoms with van der Waals surface area (Å²) in [5.74, 6) is 0. The first kappa shape index (κ1) is 15.7. The maximum absolute atomic E-state index is 12.8. The summed E-state index contributed by atoms with van der Waals surface area (Å²) < 4.78 is 38.3. The van der Waals surface area contributed by atoms with Gasteiger partial charge < -0.3 is 11.1 Å². The SMILES string of the molecule is NCC(Nc1ccccc1Cl)c1cccc(C(F)(F)F)c1. The zero-order valence-electron chi connectivity index (χ0n) is 11.0. The zero-order valence-corrected chi connectivity index (χ0v) is 11.7. The molecule has 0 aliphatic rings. The first-order chi connectivity index (χ1) is 9.91. The van der Waals surface area contributed by atoms with Crippen LogP contribution in [-0.4, -0.2) is 6.54 Å². The highest BCUT2D eigenvalue weighted by Gasteiger charge is 2.30. The lowest BCUT2D eigenvalue weighted by Gasteiger charge is -2.20. The molecule has 6 heteroatoms. The monoisotopic (exact) mass is 314 g/mol. The molecule has 2 aromatic carbocycles. The van der Waals surface area contributed by atoms with E-state index in [1.165, 1.54) is 6.07 Å². The van der Waals surface area contributed by atoms with Gasteiger partial charge in [0.15, 0.2) is 0 Å². The van der Waals surface area contributed by atoms with Crippen LogP contribution in [0.15, 0.2) is 48.5 Å². The number of para-hydroxylation sites is 1. The van der Waals surface area contributed by atoms with E-state index in [1.807, 2.05) is 0 Å². The minimum Gasteiger partial charge on any atom is -0.376 e. The van der Waals surface area contributed by atoms with Crippen LogP contribution in [0.25, 0.3) is 0 Å². The van der Waals surface area contributed by atoms with E-state index in [0.29, 0.717) is 16.3 Å². The fourth-order valence-corrected chi connectivity index (χ4v) is 2.17.